The topological polar surface area (TPSA) is 32.7 Å². The van der Waals surface area contributed by atoms with E-state index in [4.69, 9.17) is 5.10 Å². The van der Waals surface area contributed by atoms with Gasteiger partial charge in [-0.1, -0.05) is 0 Å². The zero-order valence-electron chi connectivity index (χ0n) is 11.0. The van der Waals surface area contributed by atoms with E-state index in [1.807, 2.05) is 0 Å². The Labute approximate surface area is 104 Å². The summed E-state index contributed by atoms with van der Waals surface area (Å²) in [4.78, 5) is 11.1. The Morgan fingerprint density at radius 3 is 2.47 bits per heavy atom. The Morgan fingerprint density at radius 1 is 1.24 bits per heavy atom. The maximum absolute atomic E-state index is 11.1. The number of rotatable bonds is 3. The van der Waals surface area contributed by atoms with Gasteiger partial charge in [0.05, 0.1) is 0 Å². The van der Waals surface area contributed by atoms with Crippen LogP contribution in [0.3, 0.4) is 0 Å². The van der Waals surface area contributed by atoms with Crippen molar-refractivity contribution in [3.8, 4) is 0 Å². The Bertz CT molecular complexity index is 283. The molecule has 0 aromatic carbocycles. The molecule has 0 radical (unpaired) electrons. The van der Waals surface area contributed by atoms with Gasteiger partial charge in [-0.15, -0.1) is 0 Å². The lowest BCUT2D eigenvalue weighted by Crippen LogP contribution is -2.27. The molecule has 0 bridgehead atoms. The third-order valence-electron chi connectivity index (χ3n) is 3.87. The van der Waals surface area contributed by atoms with Crippen molar-refractivity contribution in [1.29, 1.82) is 0 Å². The summed E-state index contributed by atoms with van der Waals surface area (Å²) in [5, 5.41) is 7.03. The standard InChI is InChI=1S/C14H24N2O/c1-12(17)11-13-5-7-14(8-6-13)15-16-9-3-2-4-10-16/h13H,2-11H2,1H3. The van der Waals surface area contributed by atoms with Crippen LogP contribution >= 0.6 is 0 Å². The van der Waals surface area contributed by atoms with E-state index in [0.717, 1.165) is 45.2 Å². The molecule has 1 saturated heterocycles. The van der Waals surface area contributed by atoms with E-state index in [2.05, 4.69) is 5.01 Å². The van der Waals surface area contributed by atoms with Gasteiger partial charge < -0.3 is 4.79 Å². The predicted octanol–water partition coefficient (Wildman–Crippen LogP) is 3.00. The van der Waals surface area contributed by atoms with Crippen LogP contribution in [0.1, 0.15) is 58.3 Å². The molecule has 0 aromatic rings. The molecule has 17 heavy (non-hydrogen) atoms. The summed E-state index contributed by atoms with van der Waals surface area (Å²) in [6.07, 6.45) is 9.26. The van der Waals surface area contributed by atoms with E-state index in [-0.39, 0.29) is 0 Å². The van der Waals surface area contributed by atoms with Crippen LogP contribution < -0.4 is 0 Å². The Balaban J connectivity index is 1.77. The van der Waals surface area contributed by atoms with E-state index in [1.54, 1.807) is 6.92 Å². The van der Waals surface area contributed by atoms with Gasteiger partial charge in [-0.3, -0.25) is 5.01 Å². The van der Waals surface area contributed by atoms with Crippen LogP contribution in [0.2, 0.25) is 0 Å². The fraction of sp³-hybridized carbons (Fsp3) is 0.857. The molecule has 1 saturated carbocycles. The molecule has 2 rings (SSSR count). The molecule has 0 N–H and O–H groups in total. The highest BCUT2D eigenvalue weighted by Crippen LogP contribution is 2.26. The normalized spacial score (nSPS) is 25.8. The summed E-state index contributed by atoms with van der Waals surface area (Å²) >= 11 is 0. The first kappa shape index (κ1) is 12.6. The third-order valence-corrected chi connectivity index (χ3v) is 3.87. The van der Waals surface area contributed by atoms with Crippen molar-refractivity contribution in [3.63, 3.8) is 0 Å². The van der Waals surface area contributed by atoms with Gasteiger partial charge in [-0.05, 0) is 57.8 Å². The summed E-state index contributed by atoms with van der Waals surface area (Å²) < 4.78 is 0. The fourth-order valence-corrected chi connectivity index (χ4v) is 2.90. The number of carbonyl (C=O) groups excluding carboxylic acids is 1. The zero-order valence-corrected chi connectivity index (χ0v) is 11.0. The number of carbonyl (C=O) groups is 1. The summed E-state index contributed by atoms with van der Waals surface area (Å²) in [5.41, 5.74) is 1.37. The average molecular weight is 236 g/mol. The van der Waals surface area contributed by atoms with Crippen molar-refractivity contribution in [1.82, 2.24) is 5.01 Å². The van der Waals surface area contributed by atoms with Crippen molar-refractivity contribution in [2.24, 2.45) is 11.0 Å². The van der Waals surface area contributed by atoms with E-state index in [1.165, 1.54) is 25.0 Å². The number of Topliss-reactive ketones (excluding diaryl/α,β-unsaturated/α-hetero) is 1. The lowest BCUT2D eigenvalue weighted by molar-refractivity contribution is -0.118. The first-order chi connectivity index (χ1) is 8.24. The zero-order chi connectivity index (χ0) is 12.1. The molecule has 2 aliphatic rings. The first-order valence-corrected chi connectivity index (χ1v) is 7.05. The molecule has 3 heteroatoms. The quantitative estimate of drug-likeness (QED) is 0.754. The number of piperidine rings is 1. The summed E-state index contributed by atoms with van der Waals surface area (Å²) in [5.74, 6) is 0.958. The van der Waals surface area contributed by atoms with Crippen LogP contribution in [0.25, 0.3) is 0 Å². The minimum Gasteiger partial charge on any atom is -0.300 e. The summed E-state index contributed by atoms with van der Waals surface area (Å²) in [6, 6.07) is 0. The monoisotopic (exact) mass is 236 g/mol. The number of nitrogens with zero attached hydrogens (tertiary/aromatic N) is 2. The molecule has 1 aliphatic heterocycles. The van der Waals surface area contributed by atoms with Gasteiger partial charge >= 0.3 is 0 Å². The molecular formula is C14H24N2O. The van der Waals surface area contributed by atoms with Crippen LogP contribution in [0.15, 0.2) is 5.10 Å². The molecule has 0 aromatic heterocycles. The number of ketones is 1. The first-order valence-electron chi connectivity index (χ1n) is 7.05. The largest absolute Gasteiger partial charge is 0.300 e. The minimum absolute atomic E-state index is 0.339. The maximum Gasteiger partial charge on any atom is 0.130 e. The van der Waals surface area contributed by atoms with Gasteiger partial charge in [0, 0.05) is 25.2 Å². The summed E-state index contributed by atoms with van der Waals surface area (Å²) in [6.45, 7) is 3.98. The van der Waals surface area contributed by atoms with Gasteiger partial charge in [-0.2, -0.15) is 5.10 Å². The van der Waals surface area contributed by atoms with Crippen LogP contribution in [0.4, 0.5) is 0 Å². The highest BCUT2D eigenvalue weighted by Gasteiger charge is 2.19. The second-order valence-corrected chi connectivity index (χ2v) is 5.53. The van der Waals surface area contributed by atoms with Crippen molar-refractivity contribution in [2.75, 3.05) is 13.1 Å². The molecule has 0 atom stereocenters. The second-order valence-electron chi connectivity index (χ2n) is 5.53. The van der Waals surface area contributed by atoms with Crippen molar-refractivity contribution in [2.45, 2.75) is 58.3 Å². The predicted molar refractivity (Wildman–Crippen MR) is 70.1 cm³/mol. The minimum atomic E-state index is 0.339. The van der Waals surface area contributed by atoms with Gasteiger partial charge in [0.1, 0.15) is 5.78 Å². The van der Waals surface area contributed by atoms with Crippen LogP contribution in [-0.4, -0.2) is 29.6 Å². The SMILES string of the molecule is CC(=O)CC1CCC(=NN2CCCCC2)CC1. The van der Waals surface area contributed by atoms with E-state index in [9.17, 15) is 4.79 Å². The number of hydrazone groups is 1. The number of hydrogen-bond donors (Lipinski definition) is 0. The van der Waals surface area contributed by atoms with E-state index >= 15 is 0 Å². The third kappa shape index (κ3) is 4.14. The van der Waals surface area contributed by atoms with Crippen molar-refractivity contribution in [3.05, 3.63) is 0 Å². The van der Waals surface area contributed by atoms with Crippen LogP contribution in [0, 0.1) is 5.92 Å². The molecule has 0 spiro atoms. The molecule has 2 fully saturated rings. The lowest BCUT2D eigenvalue weighted by Gasteiger charge is -2.27. The van der Waals surface area contributed by atoms with Gasteiger partial charge in [0.15, 0.2) is 0 Å². The molecule has 96 valence electrons. The van der Waals surface area contributed by atoms with Gasteiger partial charge in [0.2, 0.25) is 0 Å². The highest BCUT2D eigenvalue weighted by atomic mass is 16.1. The molecule has 1 heterocycles. The maximum atomic E-state index is 11.1. The van der Waals surface area contributed by atoms with Crippen LogP contribution in [-0.2, 0) is 4.79 Å². The van der Waals surface area contributed by atoms with Gasteiger partial charge in [0.25, 0.3) is 0 Å². The second kappa shape index (κ2) is 6.18. The van der Waals surface area contributed by atoms with Crippen molar-refractivity contribution >= 4 is 11.5 Å². The fourth-order valence-electron chi connectivity index (χ4n) is 2.90. The molecule has 1 aliphatic carbocycles. The Morgan fingerprint density at radius 2 is 1.88 bits per heavy atom. The lowest BCUT2D eigenvalue weighted by atomic mass is 9.85. The van der Waals surface area contributed by atoms with E-state index in [0.29, 0.717) is 11.7 Å². The molecule has 3 nitrogen and oxygen atoms in total. The molecular weight excluding hydrogens is 212 g/mol. The molecule has 0 amide bonds. The summed E-state index contributed by atoms with van der Waals surface area (Å²) in [7, 11) is 0. The van der Waals surface area contributed by atoms with E-state index < -0.39 is 0 Å². The Kier molecular flexibility index (Phi) is 4.57. The van der Waals surface area contributed by atoms with Crippen molar-refractivity contribution < 1.29 is 4.79 Å². The smallest absolute Gasteiger partial charge is 0.130 e. The highest BCUT2D eigenvalue weighted by molar-refractivity contribution is 5.85. The number of hydrogen-bond acceptors (Lipinski definition) is 3. The Hall–Kier alpha value is -0.860. The average Bonchev–Trinajstić information content (AvgIpc) is 2.32. The molecule has 0 unspecified atom stereocenters. The van der Waals surface area contributed by atoms with Crippen LogP contribution in [0.5, 0.6) is 0 Å². The van der Waals surface area contributed by atoms with Gasteiger partial charge in [-0.25, -0.2) is 0 Å².